The number of hydrogen-bond donors (Lipinski definition) is 4. The molecule has 6 aromatic rings. The zero-order chi connectivity index (χ0) is 48.4. The Morgan fingerprint density at radius 2 is 0.889 bits per heavy atom. The smallest absolute Gasteiger partial charge is 0.744 e. The van der Waals surface area contributed by atoms with Gasteiger partial charge in [0, 0.05) is 53.8 Å². The topological polar surface area (TPSA) is 411 Å². The van der Waals surface area contributed by atoms with Crippen molar-refractivity contribution in [2.75, 3.05) is 21.3 Å². The standard InChI is InChI=1S/C35H26N4O21S6.6Na/c40-33(38-25-7-9-28(64(48,49)50)23-13-21(61-59-57-43)14-27(31(23)25)62-60-58-44)17-3-1-5-19(11-17)36-35(42)37-20-6-2-4-18(12-20)34(41)39-26-8-10-29(65(51,52)53)24-15-22(63(45,46)47)16-30(32(24)26)66(54,55)56;;;;;;/h1-16,43-44H,(H,38,40)(H,39,41)(H2,36,37,42)(H,45,46,47)(H,48,49,50)(H,51,52,53)(H,54,55,56);;;;;;/q;6*+1/p-6. The molecule has 0 spiro atoms. The SMILES string of the molecule is O=C(Nc1cccc(C(=O)Nc2ccc(S(=O)(=O)[O-])c3cc(SOO[O-])cc(SOO[O-])c23)c1)Nc1cccc(C(=O)Nc2ccc(S(=O)(=O)[O-])c3cc(S(=O)(=O)[O-])cc(S(=O)(=O)[O-])c23)c1.[Na+].[Na+].[Na+].[Na+].[Na+].[Na+]. The van der Waals surface area contributed by atoms with Crippen molar-refractivity contribution in [3.05, 3.63) is 108 Å². The predicted octanol–water partition coefficient (Wildman–Crippen LogP) is -15.8. The van der Waals surface area contributed by atoms with Crippen LogP contribution in [0.1, 0.15) is 20.7 Å². The van der Waals surface area contributed by atoms with Gasteiger partial charge in [-0.15, -0.1) is 0 Å². The van der Waals surface area contributed by atoms with Crippen LogP contribution in [0, 0.1) is 0 Å². The van der Waals surface area contributed by atoms with Gasteiger partial charge in [0.2, 0.25) is 0 Å². The molecular formula is C35H20N4Na6O21S6. The van der Waals surface area contributed by atoms with Crippen LogP contribution in [-0.4, -0.2) is 69.7 Å². The number of rotatable bonds is 16. The van der Waals surface area contributed by atoms with Gasteiger partial charge in [0.1, 0.15) is 40.5 Å². The number of benzene rings is 6. The Labute approximate surface area is 549 Å². The third-order valence-electron chi connectivity index (χ3n) is 8.69. The minimum atomic E-state index is -5.73. The first-order chi connectivity index (χ1) is 30.9. The molecule has 6 aromatic carbocycles. The first-order valence-electron chi connectivity index (χ1n) is 17.1. The molecule has 0 radical (unpaired) electrons. The summed E-state index contributed by atoms with van der Waals surface area (Å²) in [5, 5.41) is 35.0. The Bertz CT molecular complexity index is 3460. The summed E-state index contributed by atoms with van der Waals surface area (Å²) < 4.78 is 153. The van der Waals surface area contributed by atoms with E-state index in [-0.39, 0.29) is 244 Å². The normalized spacial score (nSPS) is 11.2. The van der Waals surface area contributed by atoms with E-state index in [9.17, 15) is 76.8 Å². The fourth-order valence-electron chi connectivity index (χ4n) is 6.15. The Morgan fingerprint density at radius 1 is 0.458 bits per heavy atom. The summed E-state index contributed by atoms with van der Waals surface area (Å²) in [5.74, 6) is -1.94. The van der Waals surface area contributed by atoms with Gasteiger partial charge in [-0.3, -0.25) is 19.7 Å². The monoisotopic (exact) mass is 1160 g/mol. The van der Waals surface area contributed by atoms with Crippen molar-refractivity contribution >= 4 is 127 Å². The molecule has 0 atom stereocenters. The zero-order valence-corrected chi connectivity index (χ0v) is 54.7. The molecule has 0 aliphatic carbocycles. The number of anilines is 4. The van der Waals surface area contributed by atoms with Crippen LogP contribution < -0.4 is 209 Å². The van der Waals surface area contributed by atoms with E-state index >= 15 is 0 Å². The first-order valence-corrected chi connectivity index (χ1v) is 24.2. The van der Waals surface area contributed by atoms with Crippen molar-refractivity contribution in [1.82, 2.24) is 0 Å². The van der Waals surface area contributed by atoms with Crippen molar-refractivity contribution in [3.63, 3.8) is 0 Å². The molecule has 348 valence electrons. The van der Waals surface area contributed by atoms with Crippen LogP contribution in [0.2, 0.25) is 0 Å². The summed E-state index contributed by atoms with van der Waals surface area (Å²) in [6, 6.07) is 15.3. The molecule has 0 heterocycles. The molecule has 0 aromatic heterocycles. The molecule has 0 aliphatic heterocycles. The number of hydrogen-bond acceptors (Lipinski definition) is 23. The number of fused-ring (bicyclic) bond motifs is 2. The molecule has 0 unspecified atom stereocenters. The summed E-state index contributed by atoms with van der Waals surface area (Å²) in [7, 11) is -21.9. The van der Waals surface area contributed by atoms with Crippen LogP contribution in [0.5, 0.6) is 0 Å². The van der Waals surface area contributed by atoms with E-state index in [1.54, 1.807) is 0 Å². The van der Waals surface area contributed by atoms with E-state index < -0.39 is 94.4 Å². The second-order valence-electron chi connectivity index (χ2n) is 12.8. The number of urea groups is 1. The molecule has 4 N–H and O–H groups in total. The van der Waals surface area contributed by atoms with E-state index in [0.29, 0.717) is 24.2 Å². The summed E-state index contributed by atoms with van der Waals surface area (Å²) in [6.45, 7) is 0. The Balaban J connectivity index is 0.00000840. The van der Waals surface area contributed by atoms with Crippen molar-refractivity contribution in [1.29, 1.82) is 0 Å². The zero-order valence-electron chi connectivity index (χ0n) is 37.8. The van der Waals surface area contributed by atoms with Gasteiger partial charge in [-0.2, -0.15) is 8.67 Å². The molecule has 0 fully saturated rings. The van der Waals surface area contributed by atoms with Crippen LogP contribution in [0.15, 0.2) is 126 Å². The van der Waals surface area contributed by atoms with Gasteiger partial charge in [0.15, 0.2) is 0 Å². The van der Waals surface area contributed by atoms with Gasteiger partial charge in [0.05, 0.1) is 55.0 Å². The van der Waals surface area contributed by atoms with Gasteiger partial charge in [-0.05, 0) is 84.9 Å². The van der Waals surface area contributed by atoms with Crippen LogP contribution in [0.3, 0.4) is 0 Å². The first kappa shape index (κ1) is 72.2. The molecule has 4 amide bonds. The largest absolute Gasteiger partial charge is 1.00 e. The molecule has 0 saturated heterocycles. The van der Waals surface area contributed by atoms with E-state index in [2.05, 4.69) is 40.0 Å². The van der Waals surface area contributed by atoms with Crippen LogP contribution >= 0.6 is 24.1 Å². The van der Waals surface area contributed by atoms with E-state index in [0.717, 1.165) is 30.3 Å². The third kappa shape index (κ3) is 18.6. The maximum absolute atomic E-state index is 13.5. The number of nitrogens with one attached hydrogen (secondary N) is 4. The second-order valence-corrected chi connectivity index (χ2v) is 19.8. The van der Waals surface area contributed by atoms with E-state index in [4.69, 9.17) is 0 Å². The minimum absolute atomic E-state index is 0. The van der Waals surface area contributed by atoms with Gasteiger partial charge in [0.25, 0.3) is 11.8 Å². The number of amides is 4. The predicted molar refractivity (Wildman–Crippen MR) is 217 cm³/mol. The average molecular weight is 1160 g/mol. The van der Waals surface area contributed by atoms with E-state index in [1.165, 1.54) is 48.5 Å². The molecule has 25 nitrogen and oxygen atoms in total. The van der Waals surface area contributed by atoms with Gasteiger partial charge in [-0.25, -0.2) is 38.5 Å². The van der Waals surface area contributed by atoms with Crippen molar-refractivity contribution in [3.8, 4) is 0 Å². The Hall–Kier alpha value is 0.150. The quantitative estimate of drug-likeness (QED) is 0.0230. The van der Waals surface area contributed by atoms with Gasteiger partial charge >= 0.3 is 183 Å². The Kier molecular flexibility index (Phi) is 30.6. The molecular weight excluding hydrogens is 1140 g/mol. The molecule has 0 saturated carbocycles. The summed E-state index contributed by atoms with van der Waals surface area (Å²) in [4.78, 5) is 35.1. The van der Waals surface area contributed by atoms with Crippen LogP contribution in [0.25, 0.3) is 21.5 Å². The Morgan fingerprint density at radius 3 is 1.32 bits per heavy atom. The fraction of sp³-hybridized carbons (Fsp3) is 0. The third-order valence-corrected chi connectivity index (χ3v) is 13.3. The molecule has 72 heavy (non-hydrogen) atoms. The van der Waals surface area contributed by atoms with Gasteiger partial charge in [-0.1, -0.05) is 12.1 Å². The maximum Gasteiger partial charge on any atom is 1.00 e. The van der Waals surface area contributed by atoms with Gasteiger partial charge < -0.3 is 50.0 Å². The van der Waals surface area contributed by atoms with Crippen LogP contribution in [-0.2, 0) is 59.2 Å². The van der Waals surface area contributed by atoms with Crippen LogP contribution in [0.4, 0.5) is 27.5 Å². The second kappa shape index (κ2) is 30.5. The summed E-state index contributed by atoms with van der Waals surface area (Å²) in [5.41, 5.74) is -1.14. The molecule has 6 rings (SSSR count). The van der Waals surface area contributed by atoms with Crippen molar-refractivity contribution in [2.45, 2.75) is 29.4 Å². The summed E-state index contributed by atoms with van der Waals surface area (Å²) >= 11 is 0.535. The molecule has 37 heteroatoms. The van der Waals surface area contributed by atoms with E-state index in [1.807, 2.05) is 0 Å². The fourth-order valence-corrected chi connectivity index (χ4v) is 9.91. The average Bonchev–Trinajstić information content (AvgIpc) is 3.23. The van der Waals surface area contributed by atoms with Crippen molar-refractivity contribution in [2.24, 2.45) is 0 Å². The minimum Gasteiger partial charge on any atom is -0.744 e. The summed E-state index contributed by atoms with van der Waals surface area (Å²) in [6.07, 6.45) is 0. The van der Waals surface area contributed by atoms with Crippen molar-refractivity contribution < 1.29 is 273 Å². The molecule has 0 bridgehead atoms. The number of carbonyl (C=O) groups is 3. The maximum atomic E-state index is 13.5. The molecule has 0 aliphatic rings. The number of carbonyl (C=O) groups excluding carboxylic acids is 3.